The minimum atomic E-state index is -0.734. The Kier molecular flexibility index (Phi) is 6.77. The van der Waals surface area contributed by atoms with E-state index in [4.69, 9.17) is 4.74 Å². The monoisotopic (exact) mass is 277 g/mol. The Hall–Kier alpha value is -1.84. The fourth-order valence-electron chi connectivity index (χ4n) is 2.17. The highest BCUT2D eigenvalue weighted by atomic mass is 16.5. The Balaban J connectivity index is 2.71. The summed E-state index contributed by atoms with van der Waals surface area (Å²) in [6.07, 6.45) is 2.48. The van der Waals surface area contributed by atoms with E-state index < -0.39 is 12.0 Å². The molecule has 4 nitrogen and oxygen atoms in total. The van der Waals surface area contributed by atoms with E-state index in [2.05, 4.69) is 12.2 Å². The van der Waals surface area contributed by atoms with Gasteiger partial charge in [0.25, 0.3) is 0 Å². The van der Waals surface area contributed by atoms with Crippen LogP contribution in [0.5, 0.6) is 0 Å². The van der Waals surface area contributed by atoms with Gasteiger partial charge < -0.3 is 10.1 Å². The zero-order chi connectivity index (χ0) is 15.0. The maximum Gasteiger partial charge on any atom is 0.333 e. The first-order valence-electron chi connectivity index (χ1n) is 7.00. The Morgan fingerprint density at radius 3 is 2.45 bits per heavy atom. The molecule has 2 atom stereocenters. The van der Waals surface area contributed by atoms with Gasteiger partial charge in [0.1, 0.15) is 0 Å². The van der Waals surface area contributed by atoms with Crippen LogP contribution < -0.4 is 5.32 Å². The van der Waals surface area contributed by atoms with E-state index in [1.807, 2.05) is 25.1 Å². The molecular weight excluding hydrogens is 254 g/mol. The van der Waals surface area contributed by atoms with Crippen LogP contribution in [0.4, 0.5) is 0 Å². The predicted octanol–water partition coefficient (Wildman–Crippen LogP) is 2.84. The summed E-state index contributed by atoms with van der Waals surface area (Å²) < 4.78 is 4.77. The maximum absolute atomic E-state index is 12.0. The summed E-state index contributed by atoms with van der Waals surface area (Å²) in [7, 11) is 1.32. The van der Waals surface area contributed by atoms with E-state index in [0.29, 0.717) is 12.3 Å². The molecule has 110 valence electrons. The van der Waals surface area contributed by atoms with Crippen molar-refractivity contribution in [3.8, 4) is 0 Å². The van der Waals surface area contributed by atoms with Gasteiger partial charge in [0.05, 0.1) is 7.11 Å². The summed E-state index contributed by atoms with van der Waals surface area (Å²) in [5, 5.41) is 2.76. The number of hydrogen-bond acceptors (Lipinski definition) is 3. The molecule has 0 aliphatic heterocycles. The largest absolute Gasteiger partial charge is 0.467 e. The number of carbonyl (C=O) groups is 2. The molecule has 0 heterocycles. The molecule has 1 aromatic rings. The molecule has 1 rings (SSSR count). The van der Waals surface area contributed by atoms with Crippen LogP contribution in [0, 0.1) is 5.92 Å². The van der Waals surface area contributed by atoms with E-state index in [-0.39, 0.29) is 5.91 Å². The first kappa shape index (κ1) is 16.2. The summed E-state index contributed by atoms with van der Waals surface area (Å²) in [5.41, 5.74) is 0.732. The minimum absolute atomic E-state index is 0.120. The minimum Gasteiger partial charge on any atom is -0.467 e. The van der Waals surface area contributed by atoms with Crippen molar-refractivity contribution in [1.82, 2.24) is 5.32 Å². The lowest BCUT2D eigenvalue weighted by Crippen LogP contribution is -2.35. The van der Waals surface area contributed by atoms with Gasteiger partial charge in [0, 0.05) is 6.42 Å². The lowest BCUT2D eigenvalue weighted by atomic mass is 10.0. The Labute approximate surface area is 120 Å². The molecule has 0 saturated heterocycles. The molecule has 1 aromatic carbocycles. The second-order valence-corrected chi connectivity index (χ2v) is 5.03. The van der Waals surface area contributed by atoms with Crippen molar-refractivity contribution in [3.63, 3.8) is 0 Å². The Morgan fingerprint density at radius 1 is 1.25 bits per heavy atom. The van der Waals surface area contributed by atoms with Crippen LogP contribution in [0.25, 0.3) is 0 Å². The number of benzene rings is 1. The van der Waals surface area contributed by atoms with Gasteiger partial charge in [-0.2, -0.15) is 0 Å². The molecule has 0 unspecified atom stereocenters. The first-order chi connectivity index (χ1) is 9.58. The average molecular weight is 277 g/mol. The molecule has 0 bridgehead atoms. The molecule has 20 heavy (non-hydrogen) atoms. The average Bonchev–Trinajstić information content (AvgIpc) is 2.45. The molecule has 0 radical (unpaired) electrons. The van der Waals surface area contributed by atoms with Crippen LogP contribution in [-0.4, -0.2) is 19.0 Å². The van der Waals surface area contributed by atoms with Gasteiger partial charge >= 0.3 is 5.97 Å². The SMILES string of the molecule is CCC[C@@H](C)CC(=O)N[C@H](C(=O)OC)c1ccccc1. The fourth-order valence-corrected chi connectivity index (χ4v) is 2.17. The normalized spacial score (nSPS) is 13.3. The van der Waals surface area contributed by atoms with Gasteiger partial charge in [-0.25, -0.2) is 4.79 Å². The molecule has 1 amide bonds. The topological polar surface area (TPSA) is 55.4 Å². The number of nitrogens with one attached hydrogen (secondary N) is 1. The molecule has 0 spiro atoms. The number of methoxy groups -OCH3 is 1. The van der Waals surface area contributed by atoms with E-state index in [1.54, 1.807) is 12.1 Å². The molecular formula is C16H23NO3. The number of carbonyl (C=O) groups excluding carboxylic acids is 2. The van der Waals surface area contributed by atoms with Crippen molar-refractivity contribution in [2.45, 2.75) is 39.2 Å². The van der Waals surface area contributed by atoms with Crippen LogP contribution in [0.1, 0.15) is 44.7 Å². The quantitative estimate of drug-likeness (QED) is 0.780. The van der Waals surface area contributed by atoms with Gasteiger partial charge in [-0.1, -0.05) is 57.0 Å². The highest BCUT2D eigenvalue weighted by Gasteiger charge is 2.23. The van der Waals surface area contributed by atoms with E-state index >= 15 is 0 Å². The highest BCUT2D eigenvalue weighted by Crippen LogP contribution is 2.16. The van der Waals surface area contributed by atoms with Gasteiger partial charge in [0.2, 0.25) is 5.91 Å². The Morgan fingerprint density at radius 2 is 1.90 bits per heavy atom. The fraction of sp³-hybridized carbons (Fsp3) is 0.500. The van der Waals surface area contributed by atoms with Gasteiger partial charge in [-0.05, 0) is 11.5 Å². The third-order valence-corrected chi connectivity index (χ3v) is 3.19. The lowest BCUT2D eigenvalue weighted by Gasteiger charge is -2.18. The second kappa shape index (κ2) is 8.35. The van der Waals surface area contributed by atoms with Crippen LogP contribution in [0.3, 0.4) is 0 Å². The number of hydrogen-bond donors (Lipinski definition) is 1. The summed E-state index contributed by atoms with van der Waals surface area (Å²) in [5.74, 6) is -0.257. The van der Waals surface area contributed by atoms with Crippen molar-refractivity contribution < 1.29 is 14.3 Å². The van der Waals surface area contributed by atoms with Crippen LogP contribution >= 0.6 is 0 Å². The summed E-state index contributed by atoms with van der Waals surface area (Å²) in [6, 6.07) is 8.40. The van der Waals surface area contributed by atoms with Crippen LogP contribution in [0.15, 0.2) is 30.3 Å². The Bertz CT molecular complexity index is 431. The molecule has 0 aliphatic carbocycles. The van der Waals surface area contributed by atoms with Crippen molar-refractivity contribution >= 4 is 11.9 Å². The van der Waals surface area contributed by atoms with E-state index in [9.17, 15) is 9.59 Å². The van der Waals surface area contributed by atoms with Crippen molar-refractivity contribution in [1.29, 1.82) is 0 Å². The highest BCUT2D eigenvalue weighted by molar-refractivity contribution is 5.85. The van der Waals surface area contributed by atoms with Gasteiger partial charge in [0.15, 0.2) is 6.04 Å². The third-order valence-electron chi connectivity index (χ3n) is 3.19. The third kappa shape index (κ3) is 5.03. The number of ether oxygens (including phenoxy) is 1. The second-order valence-electron chi connectivity index (χ2n) is 5.03. The number of amides is 1. The summed E-state index contributed by atoms with van der Waals surface area (Å²) in [6.45, 7) is 4.13. The predicted molar refractivity (Wildman–Crippen MR) is 78.0 cm³/mol. The summed E-state index contributed by atoms with van der Waals surface area (Å²) >= 11 is 0. The molecule has 0 aromatic heterocycles. The zero-order valence-electron chi connectivity index (χ0n) is 12.4. The van der Waals surface area contributed by atoms with Gasteiger partial charge in [-0.3, -0.25) is 4.79 Å². The molecule has 1 N–H and O–H groups in total. The van der Waals surface area contributed by atoms with Crippen molar-refractivity contribution in [2.75, 3.05) is 7.11 Å². The maximum atomic E-state index is 12.0. The molecule has 0 aliphatic rings. The molecule has 4 heteroatoms. The summed E-state index contributed by atoms with van der Waals surface area (Å²) in [4.78, 5) is 23.8. The van der Waals surface area contributed by atoms with E-state index in [0.717, 1.165) is 18.4 Å². The van der Waals surface area contributed by atoms with Crippen molar-refractivity contribution in [3.05, 3.63) is 35.9 Å². The van der Waals surface area contributed by atoms with Crippen LogP contribution in [0.2, 0.25) is 0 Å². The number of rotatable bonds is 7. The number of esters is 1. The zero-order valence-corrected chi connectivity index (χ0v) is 12.4. The lowest BCUT2D eigenvalue weighted by molar-refractivity contribution is -0.145. The molecule has 0 saturated carbocycles. The van der Waals surface area contributed by atoms with Gasteiger partial charge in [-0.15, -0.1) is 0 Å². The van der Waals surface area contributed by atoms with Crippen molar-refractivity contribution in [2.24, 2.45) is 5.92 Å². The first-order valence-corrected chi connectivity index (χ1v) is 7.00. The smallest absolute Gasteiger partial charge is 0.333 e. The van der Waals surface area contributed by atoms with E-state index in [1.165, 1.54) is 7.11 Å². The molecule has 0 fully saturated rings. The standard InChI is InChI=1S/C16H23NO3/c1-4-8-12(2)11-14(18)17-15(16(19)20-3)13-9-6-5-7-10-13/h5-7,9-10,12,15H,4,8,11H2,1-3H3,(H,17,18)/t12-,15+/m1/s1. The van der Waals surface area contributed by atoms with Crippen LogP contribution in [-0.2, 0) is 14.3 Å².